The summed E-state index contributed by atoms with van der Waals surface area (Å²) in [6.07, 6.45) is 51.3. The molecule has 1 atom stereocenters. The summed E-state index contributed by atoms with van der Waals surface area (Å²) in [4.78, 5) is 37.8. The van der Waals surface area contributed by atoms with Gasteiger partial charge in [-0.15, -0.1) is 0 Å². The molecule has 0 aliphatic rings. The van der Waals surface area contributed by atoms with E-state index >= 15 is 0 Å². The lowest BCUT2D eigenvalue weighted by atomic mass is 10.0. The molecule has 0 saturated heterocycles. The monoisotopic (exact) mass is 787 g/mol. The molecule has 0 fully saturated rings. The van der Waals surface area contributed by atoms with E-state index in [4.69, 9.17) is 14.2 Å². The Labute approximate surface area is 346 Å². The van der Waals surface area contributed by atoms with E-state index in [9.17, 15) is 14.4 Å². The highest BCUT2D eigenvalue weighted by molar-refractivity contribution is 5.71. The van der Waals surface area contributed by atoms with Crippen molar-refractivity contribution in [3.63, 3.8) is 0 Å². The number of allylic oxidation sites excluding steroid dienone is 6. The lowest BCUT2D eigenvalue weighted by molar-refractivity contribution is -0.167. The van der Waals surface area contributed by atoms with Crippen molar-refractivity contribution in [1.29, 1.82) is 0 Å². The van der Waals surface area contributed by atoms with Gasteiger partial charge in [-0.1, -0.05) is 198 Å². The molecular formula is C50H90O6. The molecule has 326 valence electrons. The Bertz CT molecular complexity index is 953. The van der Waals surface area contributed by atoms with E-state index in [1.807, 2.05) is 0 Å². The molecule has 6 heteroatoms. The molecule has 0 aromatic heterocycles. The fourth-order valence-electron chi connectivity index (χ4n) is 6.75. The zero-order chi connectivity index (χ0) is 40.8. The minimum atomic E-state index is -0.778. The molecule has 0 aliphatic heterocycles. The Morgan fingerprint density at radius 3 is 1.14 bits per heavy atom. The molecule has 0 aromatic rings. The topological polar surface area (TPSA) is 78.9 Å². The van der Waals surface area contributed by atoms with Gasteiger partial charge in [-0.05, 0) is 64.2 Å². The molecule has 0 bridgehead atoms. The summed E-state index contributed by atoms with van der Waals surface area (Å²) < 4.78 is 16.7. The van der Waals surface area contributed by atoms with Crippen LogP contribution in [-0.4, -0.2) is 37.2 Å². The molecule has 0 aromatic carbocycles. The highest BCUT2D eigenvalue weighted by Gasteiger charge is 2.19. The third-order valence-electron chi connectivity index (χ3n) is 10.4. The average Bonchev–Trinajstić information content (AvgIpc) is 3.19. The fourth-order valence-corrected chi connectivity index (χ4v) is 6.75. The standard InChI is InChI=1S/C50H90O6/c1-4-7-10-13-16-19-22-24-25-26-27-29-31-34-37-40-43-49(52)55-46-47(45-54-48(51)42-39-36-33-30-21-18-15-12-9-6-3)56-50(53)44-41-38-35-32-28-23-20-17-14-11-8-5-2/h8,11,15,17-18,20,47H,4-7,9-10,12-14,16,19,21-46H2,1-3H3/b11-8-,18-15-,20-17-. The molecular weight excluding hydrogens is 697 g/mol. The van der Waals surface area contributed by atoms with Crippen molar-refractivity contribution in [2.45, 2.75) is 252 Å². The van der Waals surface area contributed by atoms with Crippen molar-refractivity contribution in [1.82, 2.24) is 0 Å². The van der Waals surface area contributed by atoms with Crippen LogP contribution in [0.1, 0.15) is 245 Å². The van der Waals surface area contributed by atoms with Crippen LogP contribution in [0.2, 0.25) is 0 Å². The first kappa shape index (κ1) is 53.6. The van der Waals surface area contributed by atoms with Crippen molar-refractivity contribution < 1.29 is 28.6 Å². The Balaban J connectivity index is 4.33. The second-order valence-corrected chi connectivity index (χ2v) is 16.0. The van der Waals surface area contributed by atoms with E-state index < -0.39 is 6.10 Å². The molecule has 1 unspecified atom stereocenters. The second kappa shape index (κ2) is 45.3. The van der Waals surface area contributed by atoms with Gasteiger partial charge in [-0.3, -0.25) is 14.4 Å². The zero-order valence-corrected chi connectivity index (χ0v) is 37.2. The molecule has 0 heterocycles. The normalized spacial score (nSPS) is 12.3. The second-order valence-electron chi connectivity index (χ2n) is 16.0. The summed E-state index contributed by atoms with van der Waals surface area (Å²) in [5.74, 6) is -0.904. The number of hydrogen-bond donors (Lipinski definition) is 0. The average molecular weight is 787 g/mol. The predicted molar refractivity (Wildman–Crippen MR) is 238 cm³/mol. The summed E-state index contributed by atoms with van der Waals surface area (Å²) in [6.45, 7) is 6.47. The summed E-state index contributed by atoms with van der Waals surface area (Å²) in [6, 6.07) is 0. The first-order chi connectivity index (χ1) is 27.5. The van der Waals surface area contributed by atoms with E-state index in [-0.39, 0.29) is 31.1 Å². The highest BCUT2D eigenvalue weighted by atomic mass is 16.6. The van der Waals surface area contributed by atoms with E-state index in [0.717, 1.165) is 109 Å². The van der Waals surface area contributed by atoms with Crippen LogP contribution >= 0.6 is 0 Å². The molecule has 0 spiro atoms. The number of hydrogen-bond acceptors (Lipinski definition) is 6. The Kier molecular flexibility index (Phi) is 43.4. The van der Waals surface area contributed by atoms with Crippen LogP contribution in [0, 0.1) is 0 Å². The smallest absolute Gasteiger partial charge is 0.306 e. The number of rotatable bonds is 43. The fraction of sp³-hybridized carbons (Fsp3) is 0.820. The lowest BCUT2D eigenvalue weighted by Crippen LogP contribution is -2.30. The van der Waals surface area contributed by atoms with Crippen LogP contribution in [0.5, 0.6) is 0 Å². The van der Waals surface area contributed by atoms with Crippen LogP contribution in [0.15, 0.2) is 36.5 Å². The molecule has 0 aliphatic carbocycles. The van der Waals surface area contributed by atoms with Gasteiger partial charge in [0.2, 0.25) is 0 Å². The zero-order valence-electron chi connectivity index (χ0n) is 37.2. The third kappa shape index (κ3) is 42.8. The van der Waals surface area contributed by atoms with Gasteiger partial charge >= 0.3 is 17.9 Å². The van der Waals surface area contributed by atoms with E-state index in [1.54, 1.807) is 0 Å². The molecule has 0 rings (SSSR count). The highest BCUT2D eigenvalue weighted by Crippen LogP contribution is 2.15. The largest absolute Gasteiger partial charge is 0.462 e. The molecule has 56 heavy (non-hydrogen) atoms. The van der Waals surface area contributed by atoms with Crippen LogP contribution in [0.4, 0.5) is 0 Å². The lowest BCUT2D eigenvalue weighted by Gasteiger charge is -2.18. The summed E-state index contributed by atoms with van der Waals surface area (Å²) in [7, 11) is 0. The van der Waals surface area contributed by atoms with Gasteiger partial charge in [0.25, 0.3) is 0 Å². The molecule has 0 amide bonds. The van der Waals surface area contributed by atoms with Gasteiger partial charge < -0.3 is 14.2 Å². The summed E-state index contributed by atoms with van der Waals surface area (Å²) >= 11 is 0. The number of esters is 3. The van der Waals surface area contributed by atoms with Crippen molar-refractivity contribution in [2.75, 3.05) is 13.2 Å². The molecule has 0 radical (unpaired) electrons. The molecule has 6 nitrogen and oxygen atoms in total. The van der Waals surface area contributed by atoms with Crippen LogP contribution in [0.25, 0.3) is 0 Å². The number of carbonyl (C=O) groups is 3. The summed E-state index contributed by atoms with van der Waals surface area (Å²) in [5, 5.41) is 0. The quantitative estimate of drug-likeness (QED) is 0.0265. The third-order valence-corrected chi connectivity index (χ3v) is 10.4. The van der Waals surface area contributed by atoms with Crippen molar-refractivity contribution in [3.8, 4) is 0 Å². The maximum absolute atomic E-state index is 12.7. The van der Waals surface area contributed by atoms with Crippen molar-refractivity contribution in [2.24, 2.45) is 0 Å². The van der Waals surface area contributed by atoms with Crippen LogP contribution < -0.4 is 0 Å². The van der Waals surface area contributed by atoms with Crippen molar-refractivity contribution >= 4 is 17.9 Å². The summed E-state index contributed by atoms with van der Waals surface area (Å²) in [5.41, 5.74) is 0. The van der Waals surface area contributed by atoms with Gasteiger partial charge in [0.05, 0.1) is 0 Å². The van der Waals surface area contributed by atoms with Crippen molar-refractivity contribution in [3.05, 3.63) is 36.5 Å². The van der Waals surface area contributed by atoms with Crippen LogP contribution in [-0.2, 0) is 28.6 Å². The van der Waals surface area contributed by atoms with Gasteiger partial charge in [0.1, 0.15) is 13.2 Å². The number of unbranched alkanes of at least 4 members (excludes halogenated alkanes) is 26. The maximum Gasteiger partial charge on any atom is 0.306 e. The molecule has 0 N–H and O–H groups in total. The van der Waals surface area contributed by atoms with E-state index in [1.165, 1.54) is 96.3 Å². The van der Waals surface area contributed by atoms with E-state index in [0.29, 0.717) is 19.3 Å². The van der Waals surface area contributed by atoms with E-state index in [2.05, 4.69) is 57.2 Å². The van der Waals surface area contributed by atoms with Gasteiger partial charge in [0.15, 0.2) is 6.10 Å². The maximum atomic E-state index is 12.7. The van der Waals surface area contributed by atoms with Crippen LogP contribution in [0.3, 0.4) is 0 Å². The Hall–Kier alpha value is -2.37. The minimum Gasteiger partial charge on any atom is -0.462 e. The Morgan fingerprint density at radius 1 is 0.375 bits per heavy atom. The van der Waals surface area contributed by atoms with Gasteiger partial charge in [-0.25, -0.2) is 0 Å². The number of ether oxygens (including phenoxy) is 3. The first-order valence-electron chi connectivity index (χ1n) is 24.0. The SMILES string of the molecule is CC/C=C\C/C=C\CCCCCCCC(=O)OC(COC(=O)CCCCCC/C=C\CCCC)COC(=O)CCCCCCCCCCCCCCCCCC. The van der Waals surface area contributed by atoms with Gasteiger partial charge in [0, 0.05) is 19.3 Å². The predicted octanol–water partition coefficient (Wildman–Crippen LogP) is 15.4. The minimum absolute atomic E-state index is 0.0791. The van der Waals surface area contributed by atoms with Gasteiger partial charge in [-0.2, -0.15) is 0 Å². The first-order valence-corrected chi connectivity index (χ1v) is 24.0. The molecule has 0 saturated carbocycles. The Morgan fingerprint density at radius 2 is 0.714 bits per heavy atom. The number of carbonyl (C=O) groups excluding carboxylic acids is 3.